The number of rotatable bonds is 4. The average Bonchev–Trinajstić information content (AvgIpc) is 3.06. The predicted molar refractivity (Wildman–Crippen MR) is 90.3 cm³/mol. The number of tetrazole rings is 1. The third-order valence-electron chi connectivity index (χ3n) is 3.00. The van der Waals surface area contributed by atoms with Crippen molar-refractivity contribution in [2.24, 2.45) is 0 Å². The normalized spacial score (nSPS) is 10.5. The number of benzene rings is 2. The topological polar surface area (TPSA) is 72.7 Å². The third kappa shape index (κ3) is 3.69. The standard InChI is InChI=1S/C15H12ClN5OS/c1-23-13-4-2-3-11(9-13)17-15(22)14-18-20-21(19-14)12-7-5-10(16)6-8-12/h2-9H,1H3,(H,17,22). The van der Waals surface area contributed by atoms with Crippen molar-refractivity contribution in [3.63, 3.8) is 0 Å². The van der Waals surface area contributed by atoms with Crippen molar-refractivity contribution in [3.8, 4) is 5.69 Å². The van der Waals surface area contributed by atoms with E-state index >= 15 is 0 Å². The summed E-state index contributed by atoms with van der Waals surface area (Å²) in [6.07, 6.45) is 1.97. The van der Waals surface area contributed by atoms with E-state index in [1.807, 2.05) is 24.5 Å². The van der Waals surface area contributed by atoms with Crippen molar-refractivity contribution in [1.29, 1.82) is 0 Å². The van der Waals surface area contributed by atoms with E-state index in [4.69, 9.17) is 11.6 Å². The van der Waals surface area contributed by atoms with E-state index in [9.17, 15) is 4.79 Å². The van der Waals surface area contributed by atoms with Gasteiger partial charge in [0.05, 0.1) is 5.69 Å². The lowest BCUT2D eigenvalue weighted by molar-refractivity contribution is 0.101. The van der Waals surface area contributed by atoms with Crippen molar-refractivity contribution in [2.75, 3.05) is 11.6 Å². The summed E-state index contributed by atoms with van der Waals surface area (Å²) in [5.41, 5.74) is 1.36. The molecule has 0 aliphatic rings. The Labute approximate surface area is 141 Å². The van der Waals surface area contributed by atoms with Crippen molar-refractivity contribution in [1.82, 2.24) is 20.2 Å². The van der Waals surface area contributed by atoms with Gasteiger partial charge in [-0.05, 0) is 53.9 Å². The highest BCUT2D eigenvalue weighted by Gasteiger charge is 2.14. The molecule has 0 saturated carbocycles. The number of carbonyl (C=O) groups excluding carboxylic acids is 1. The van der Waals surface area contributed by atoms with Crippen LogP contribution in [0.4, 0.5) is 5.69 Å². The lowest BCUT2D eigenvalue weighted by Crippen LogP contribution is -2.14. The molecule has 0 unspecified atom stereocenters. The molecule has 1 amide bonds. The maximum absolute atomic E-state index is 12.2. The van der Waals surface area contributed by atoms with Gasteiger partial charge in [-0.1, -0.05) is 17.7 Å². The van der Waals surface area contributed by atoms with Crippen LogP contribution in [-0.2, 0) is 0 Å². The second-order valence-electron chi connectivity index (χ2n) is 4.56. The highest BCUT2D eigenvalue weighted by molar-refractivity contribution is 7.98. The SMILES string of the molecule is CSc1cccc(NC(=O)c2nnn(-c3ccc(Cl)cc3)n2)c1. The van der Waals surface area contributed by atoms with E-state index in [1.165, 1.54) is 4.80 Å². The van der Waals surface area contributed by atoms with Crippen molar-refractivity contribution in [2.45, 2.75) is 4.90 Å². The summed E-state index contributed by atoms with van der Waals surface area (Å²) in [6, 6.07) is 14.4. The molecule has 1 heterocycles. The van der Waals surface area contributed by atoms with Crippen LogP contribution in [0.5, 0.6) is 0 Å². The molecule has 0 aliphatic carbocycles. The van der Waals surface area contributed by atoms with E-state index in [1.54, 1.807) is 42.1 Å². The Morgan fingerprint density at radius 2 is 2.00 bits per heavy atom. The summed E-state index contributed by atoms with van der Waals surface area (Å²) >= 11 is 7.44. The molecule has 0 aliphatic heterocycles. The Bertz CT molecular complexity index is 834. The Kier molecular flexibility index (Phi) is 4.59. The summed E-state index contributed by atoms with van der Waals surface area (Å²) in [6.45, 7) is 0. The van der Waals surface area contributed by atoms with E-state index in [-0.39, 0.29) is 5.82 Å². The molecule has 0 saturated heterocycles. The first-order valence-electron chi connectivity index (χ1n) is 6.67. The van der Waals surface area contributed by atoms with Crippen LogP contribution in [0.25, 0.3) is 5.69 Å². The number of thioether (sulfide) groups is 1. The smallest absolute Gasteiger partial charge is 0.297 e. The zero-order chi connectivity index (χ0) is 16.2. The van der Waals surface area contributed by atoms with E-state index in [0.29, 0.717) is 16.4 Å². The van der Waals surface area contributed by atoms with Crippen molar-refractivity contribution in [3.05, 3.63) is 59.4 Å². The minimum atomic E-state index is -0.413. The zero-order valence-electron chi connectivity index (χ0n) is 12.1. The van der Waals surface area contributed by atoms with Gasteiger partial charge in [-0.25, -0.2) is 0 Å². The van der Waals surface area contributed by atoms with Gasteiger partial charge in [-0.3, -0.25) is 4.79 Å². The van der Waals surface area contributed by atoms with Crippen LogP contribution in [0.15, 0.2) is 53.4 Å². The molecule has 0 bridgehead atoms. The zero-order valence-corrected chi connectivity index (χ0v) is 13.7. The molecule has 3 aromatic rings. The molecule has 1 aromatic heterocycles. The molecule has 0 atom stereocenters. The molecule has 6 nitrogen and oxygen atoms in total. The minimum Gasteiger partial charge on any atom is -0.319 e. The van der Waals surface area contributed by atoms with Crippen LogP contribution >= 0.6 is 23.4 Å². The number of hydrogen-bond donors (Lipinski definition) is 1. The van der Waals surface area contributed by atoms with Gasteiger partial charge >= 0.3 is 0 Å². The molecule has 0 fully saturated rings. The monoisotopic (exact) mass is 345 g/mol. The van der Waals surface area contributed by atoms with Gasteiger partial charge < -0.3 is 5.32 Å². The lowest BCUT2D eigenvalue weighted by Gasteiger charge is -2.03. The Hall–Kier alpha value is -2.38. The highest BCUT2D eigenvalue weighted by Crippen LogP contribution is 2.19. The van der Waals surface area contributed by atoms with Gasteiger partial charge in [0, 0.05) is 15.6 Å². The number of nitrogens with zero attached hydrogens (tertiary/aromatic N) is 4. The molecular formula is C15H12ClN5OS. The fourth-order valence-corrected chi connectivity index (χ4v) is 2.46. The number of amides is 1. The highest BCUT2D eigenvalue weighted by atomic mass is 35.5. The van der Waals surface area contributed by atoms with Crippen LogP contribution in [0.2, 0.25) is 5.02 Å². The van der Waals surface area contributed by atoms with Crippen molar-refractivity contribution < 1.29 is 4.79 Å². The first-order chi connectivity index (χ1) is 11.2. The summed E-state index contributed by atoms with van der Waals surface area (Å²) in [4.78, 5) is 14.5. The Morgan fingerprint density at radius 3 is 2.74 bits per heavy atom. The van der Waals surface area contributed by atoms with Gasteiger partial charge in [-0.15, -0.1) is 26.8 Å². The Balaban J connectivity index is 1.76. The molecule has 0 spiro atoms. The third-order valence-corrected chi connectivity index (χ3v) is 3.98. The van der Waals surface area contributed by atoms with E-state index in [2.05, 4.69) is 20.7 Å². The number of hydrogen-bond acceptors (Lipinski definition) is 5. The largest absolute Gasteiger partial charge is 0.319 e. The minimum absolute atomic E-state index is 0.00509. The summed E-state index contributed by atoms with van der Waals surface area (Å²) in [5.74, 6) is -0.419. The molecule has 1 N–H and O–H groups in total. The predicted octanol–water partition coefficient (Wildman–Crippen LogP) is 3.29. The maximum atomic E-state index is 12.2. The molecule has 2 aromatic carbocycles. The molecular weight excluding hydrogens is 334 g/mol. The average molecular weight is 346 g/mol. The first kappa shape index (κ1) is 15.5. The number of nitrogens with one attached hydrogen (secondary N) is 1. The molecule has 3 rings (SSSR count). The van der Waals surface area contributed by atoms with Crippen LogP contribution in [-0.4, -0.2) is 32.4 Å². The fraction of sp³-hybridized carbons (Fsp3) is 0.0667. The first-order valence-corrected chi connectivity index (χ1v) is 8.27. The summed E-state index contributed by atoms with van der Waals surface area (Å²) < 4.78 is 0. The number of anilines is 1. The van der Waals surface area contributed by atoms with E-state index in [0.717, 1.165) is 4.90 Å². The van der Waals surface area contributed by atoms with Crippen LogP contribution in [0.1, 0.15) is 10.6 Å². The van der Waals surface area contributed by atoms with Crippen molar-refractivity contribution >= 4 is 35.0 Å². The molecule has 8 heteroatoms. The lowest BCUT2D eigenvalue weighted by atomic mass is 10.3. The molecule has 0 radical (unpaired) electrons. The Morgan fingerprint density at radius 1 is 1.22 bits per heavy atom. The number of halogens is 1. The second kappa shape index (κ2) is 6.80. The summed E-state index contributed by atoms with van der Waals surface area (Å²) in [5, 5.41) is 15.1. The van der Waals surface area contributed by atoms with Gasteiger partial charge in [0.2, 0.25) is 0 Å². The van der Waals surface area contributed by atoms with Gasteiger partial charge in [0.25, 0.3) is 11.7 Å². The van der Waals surface area contributed by atoms with Crippen LogP contribution in [0, 0.1) is 0 Å². The fourth-order valence-electron chi connectivity index (χ4n) is 1.88. The van der Waals surface area contributed by atoms with Gasteiger partial charge in [-0.2, -0.15) is 0 Å². The van der Waals surface area contributed by atoms with Gasteiger partial charge in [0.1, 0.15) is 0 Å². The van der Waals surface area contributed by atoms with Gasteiger partial charge in [0.15, 0.2) is 0 Å². The van der Waals surface area contributed by atoms with E-state index < -0.39 is 5.91 Å². The molecule has 23 heavy (non-hydrogen) atoms. The number of aromatic nitrogens is 4. The maximum Gasteiger partial charge on any atom is 0.297 e. The van der Waals surface area contributed by atoms with Crippen LogP contribution in [0.3, 0.4) is 0 Å². The number of carbonyl (C=O) groups is 1. The summed E-state index contributed by atoms with van der Waals surface area (Å²) in [7, 11) is 0. The van der Waals surface area contributed by atoms with Crippen LogP contribution < -0.4 is 5.32 Å². The molecule has 116 valence electrons. The quantitative estimate of drug-likeness (QED) is 0.734. The second-order valence-corrected chi connectivity index (χ2v) is 5.88.